The van der Waals surface area contributed by atoms with Crippen molar-refractivity contribution in [2.24, 2.45) is 5.16 Å². The Labute approximate surface area is 152 Å². The van der Waals surface area contributed by atoms with Crippen LogP contribution in [0.3, 0.4) is 0 Å². The van der Waals surface area contributed by atoms with Gasteiger partial charge in [-0.2, -0.15) is 0 Å². The van der Waals surface area contributed by atoms with Crippen molar-refractivity contribution < 1.29 is 14.8 Å². The van der Waals surface area contributed by atoms with Crippen LogP contribution in [0.2, 0.25) is 0 Å². The number of benzene rings is 1. The average Bonchev–Trinajstić information content (AvgIpc) is 2.96. The number of hydrogen-bond donors (Lipinski definition) is 3. The molecule has 0 radical (unpaired) electrons. The number of hydrogen-bond acceptors (Lipinski definition) is 5. The van der Waals surface area contributed by atoms with Crippen LogP contribution in [0.1, 0.15) is 18.1 Å². The average molecular weight is 357 g/mol. The molecule has 1 saturated heterocycles. The number of oxime groups is 1. The van der Waals surface area contributed by atoms with E-state index in [4.69, 9.17) is 0 Å². The topological polar surface area (TPSA) is 97.3 Å². The predicted octanol–water partition coefficient (Wildman–Crippen LogP) is 0.265. The molecule has 3 amide bonds. The van der Waals surface area contributed by atoms with Crippen molar-refractivity contribution in [3.63, 3.8) is 0 Å². The predicted molar refractivity (Wildman–Crippen MR) is 97.9 cm³/mol. The summed E-state index contributed by atoms with van der Waals surface area (Å²) < 4.78 is 0. The Bertz CT molecular complexity index is 748. The fourth-order valence-corrected chi connectivity index (χ4v) is 2.32. The maximum absolute atomic E-state index is 11.4. The minimum absolute atomic E-state index is 0.451. The standard InChI is InChI=1S/C18H23N5O3/c1-4-22(2)11-12-23(3)16(21-26)14-8-5-13(6-9-14)7-10-15-17(24)20-18(25)19-15/h5-6,8-9,15,26H,4,11-12H2,1-3H3,(H2,19,20,24,25)/b21-16-. The molecule has 3 N–H and O–H groups in total. The van der Waals surface area contributed by atoms with Crippen molar-refractivity contribution >= 4 is 17.8 Å². The van der Waals surface area contributed by atoms with E-state index in [1.54, 1.807) is 24.3 Å². The Morgan fingerprint density at radius 2 is 1.92 bits per heavy atom. The van der Waals surface area contributed by atoms with Gasteiger partial charge in [-0.25, -0.2) is 4.79 Å². The van der Waals surface area contributed by atoms with Crippen LogP contribution in [0.15, 0.2) is 29.4 Å². The number of amides is 3. The van der Waals surface area contributed by atoms with E-state index in [1.165, 1.54) is 0 Å². The fourth-order valence-electron chi connectivity index (χ4n) is 2.32. The summed E-state index contributed by atoms with van der Waals surface area (Å²) in [5, 5.41) is 17.3. The fraction of sp³-hybridized carbons (Fsp3) is 0.389. The molecule has 8 nitrogen and oxygen atoms in total. The van der Waals surface area contributed by atoms with Gasteiger partial charge >= 0.3 is 6.03 Å². The molecule has 0 aromatic heterocycles. The molecule has 1 aliphatic rings. The van der Waals surface area contributed by atoms with Gasteiger partial charge < -0.3 is 20.3 Å². The van der Waals surface area contributed by atoms with Gasteiger partial charge in [0.15, 0.2) is 11.9 Å². The highest BCUT2D eigenvalue weighted by Crippen LogP contribution is 2.08. The Balaban J connectivity index is 2.03. The molecule has 1 heterocycles. The lowest BCUT2D eigenvalue weighted by atomic mass is 10.1. The van der Waals surface area contributed by atoms with E-state index >= 15 is 0 Å². The summed E-state index contributed by atoms with van der Waals surface area (Å²) >= 11 is 0. The van der Waals surface area contributed by atoms with Gasteiger partial charge in [0, 0.05) is 31.3 Å². The molecular weight excluding hydrogens is 334 g/mol. The third-order valence-electron chi connectivity index (χ3n) is 4.09. The zero-order chi connectivity index (χ0) is 19.1. The summed E-state index contributed by atoms with van der Waals surface area (Å²) in [5.74, 6) is 5.58. The SMILES string of the molecule is CCN(C)CCN(C)/C(=N\O)c1ccc(C#CC2NC(=O)NC2=O)cc1. The number of amidine groups is 1. The van der Waals surface area contributed by atoms with Crippen LogP contribution in [0.5, 0.6) is 0 Å². The first-order valence-electron chi connectivity index (χ1n) is 8.29. The number of carbonyl (C=O) groups excluding carboxylic acids is 2. The molecule has 138 valence electrons. The van der Waals surface area contributed by atoms with Crippen molar-refractivity contribution in [1.29, 1.82) is 0 Å². The van der Waals surface area contributed by atoms with Gasteiger partial charge in [-0.05, 0) is 37.9 Å². The number of rotatable bonds is 5. The van der Waals surface area contributed by atoms with Gasteiger partial charge in [0.25, 0.3) is 5.91 Å². The maximum Gasteiger partial charge on any atom is 0.322 e. The lowest BCUT2D eigenvalue weighted by Gasteiger charge is -2.23. The molecule has 2 rings (SSSR count). The summed E-state index contributed by atoms with van der Waals surface area (Å²) in [6.07, 6.45) is 0. The van der Waals surface area contributed by atoms with Gasteiger partial charge in [-0.1, -0.05) is 23.9 Å². The minimum Gasteiger partial charge on any atom is -0.409 e. The van der Waals surface area contributed by atoms with Crippen molar-refractivity contribution in [1.82, 2.24) is 20.4 Å². The van der Waals surface area contributed by atoms with Crippen molar-refractivity contribution in [3.05, 3.63) is 35.4 Å². The number of nitrogens with zero attached hydrogens (tertiary/aromatic N) is 3. The monoisotopic (exact) mass is 357 g/mol. The van der Waals surface area contributed by atoms with Gasteiger partial charge in [-0.3, -0.25) is 10.1 Å². The molecule has 8 heteroatoms. The van der Waals surface area contributed by atoms with Crippen LogP contribution in [0.4, 0.5) is 4.79 Å². The maximum atomic E-state index is 11.4. The Morgan fingerprint density at radius 1 is 1.23 bits per heavy atom. The smallest absolute Gasteiger partial charge is 0.322 e. The summed E-state index contributed by atoms with van der Waals surface area (Å²) in [6, 6.07) is 5.77. The molecule has 1 aliphatic heterocycles. The molecule has 1 fully saturated rings. The number of likely N-dealkylation sites (N-methyl/N-ethyl adjacent to an activating group) is 2. The lowest BCUT2D eigenvalue weighted by Crippen LogP contribution is -2.35. The van der Waals surface area contributed by atoms with E-state index in [-0.39, 0.29) is 0 Å². The van der Waals surface area contributed by atoms with Crippen molar-refractivity contribution in [2.45, 2.75) is 13.0 Å². The van der Waals surface area contributed by atoms with E-state index in [9.17, 15) is 14.8 Å². The number of urea groups is 1. The van der Waals surface area contributed by atoms with Crippen LogP contribution in [0.25, 0.3) is 0 Å². The second-order valence-electron chi connectivity index (χ2n) is 5.98. The van der Waals surface area contributed by atoms with Crippen LogP contribution < -0.4 is 10.6 Å². The molecule has 0 saturated carbocycles. The first-order valence-corrected chi connectivity index (χ1v) is 8.29. The third kappa shape index (κ3) is 4.97. The summed E-state index contributed by atoms with van der Waals surface area (Å²) in [7, 11) is 3.90. The Morgan fingerprint density at radius 3 is 2.46 bits per heavy atom. The van der Waals surface area contributed by atoms with E-state index < -0.39 is 18.0 Å². The molecule has 1 unspecified atom stereocenters. The Kier molecular flexibility index (Phi) is 6.58. The molecule has 26 heavy (non-hydrogen) atoms. The first kappa shape index (κ1) is 19.3. The zero-order valence-electron chi connectivity index (χ0n) is 15.1. The lowest BCUT2D eigenvalue weighted by molar-refractivity contribution is -0.119. The second kappa shape index (κ2) is 8.87. The number of nitrogens with one attached hydrogen (secondary N) is 2. The highest BCUT2D eigenvalue weighted by atomic mass is 16.4. The number of imide groups is 1. The molecule has 0 aliphatic carbocycles. The highest BCUT2D eigenvalue weighted by Gasteiger charge is 2.27. The second-order valence-corrected chi connectivity index (χ2v) is 5.98. The van der Waals surface area contributed by atoms with Crippen LogP contribution in [0, 0.1) is 11.8 Å². The minimum atomic E-state index is -0.835. The molecule has 0 spiro atoms. The van der Waals surface area contributed by atoms with E-state index in [0.717, 1.165) is 25.2 Å². The highest BCUT2D eigenvalue weighted by molar-refractivity contribution is 6.05. The normalized spacial score (nSPS) is 16.8. The van der Waals surface area contributed by atoms with Crippen molar-refractivity contribution in [2.75, 3.05) is 33.7 Å². The molecular formula is C18H23N5O3. The molecule has 1 aromatic carbocycles. The number of carbonyl (C=O) groups is 2. The molecule has 1 atom stereocenters. The third-order valence-corrected chi connectivity index (χ3v) is 4.09. The van der Waals surface area contributed by atoms with E-state index in [2.05, 4.69) is 39.5 Å². The van der Waals surface area contributed by atoms with Gasteiger partial charge in [0.1, 0.15) is 0 Å². The van der Waals surface area contributed by atoms with Crippen LogP contribution >= 0.6 is 0 Å². The van der Waals surface area contributed by atoms with Crippen molar-refractivity contribution in [3.8, 4) is 11.8 Å². The van der Waals surface area contributed by atoms with Gasteiger partial charge in [0.05, 0.1) is 0 Å². The first-order chi connectivity index (χ1) is 12.4. The summed E-state index contributed by atoms with van der Waals surface area (Å²) in [5.41, 5.74) is 1.44. The largest absolute Gasteiger partial charge is 0.409 e. The summed E-state index contributed by atoms with van der Waals surface area (Å²) in [6.45, 7) is 4.61. The zero-order valence-corrected chi connectivity index (χ0v) is 15.1. The molecule has 1 aromatic rings. The summed E-state index contributed by atoms with van der Waals surface area (Å²) in [4.78, 5) is 26.5. The van der Waals surface area contributed by atoms with Gasteiger partial charge in [0.2, 0.25) is 0 Å². The van der Waals surface area contributed by atoms with E-state index in [0.29, 0.717) is 11.4 Å². The quantitative estimate of drug-likeness (QED) is 0.175. The van der Waals surface area contributed by atoms with Crippen LogP contribution in [-0.2, 0) is 4.79 Å². The molecule has 0 bridgehead atoms. The van der Waals surface area contributed by atoms with Gasteiger partial charge in [-0.15, -0.1) is 0 Å². The Hall–Kier alpha value is -3.05. The van der Waals surface area contributed by atoms with Crippen LogP contribution in [-0.4, -0.2) is 72.6 Å². The van der Waals surface area contributed by atoms with E-state index in [1.807, 2.05) is 19.0 Å².